The third-order valence-corrected chi connectivity index (χ3v) is 4.42. The van der Waals surface area contributed by atoms with Gasteiger partial charge in [0, 0.05) is 24.3 Å². The lowest BCUT2D eigenvalue weighted by molar-refractivity contribution is -0.129. The third kappa shape index (κ3) is 3.75. The van der Waals surface area contributed by atoms with Gasteiger partial charge < -0.3 is 14.4 Å². The molecule has 0 aromatic heterocycles. The number of hydrogen-bond donors (Lipinski definition) is 2. The molecule has 0 saturated carbocycles. The highest BCUT2D eigenvalue weighted by Gasteiger charge is 2.25. The molecular formula is C19H22N2O4. The van der Waals surface area contributed by atoms with Crippen molar-refractivity contribution in [3.63, 3.8) is 0 Å². The molecule has 132 valence electrons. The van der Waals surface area contributed by atoms with E-state index in [-0.39, 0.29) is 0 Å². The van der Waals surface area contributed by atoms with Crippen LogP contribution in [-0.2, 0) is 9.53 Å². The highest BCUT2D eigenvalue weighted by Crippen LogP contribution is 2.33. The summed E-state index contributed by atoms with van der Waals surface area (Å²) in [6.45, 7) is 3.15. The van der Waals surface area contributed by atoms with Gasteiger partial charge in [-0.2, -0.15) is 0 Å². The fourth-order valence-corrected chi connectivity index (χ4v) is 3.14. The first-order valence-corrected chi connectivity index (χ1v) is 8.24. The number of carbonyl (C=O) groups is 1. The zero-order chi connectivity index (χ0) is 17.6. The molecule has 0 aliphatic carbocycles. The summed E-state index contributed by atoms with van der Waals surface area (Å²) >= 11 is 0. The highest BCUT2D eigenvalue weighted by molar-refractivity contribution is 5.87. The maximum atomic E-state index is 12.3. The molecule has 25 heavy (non-hydrogen) atoms. The Hall–Kier alpha value is -2.57. The summed E-state index contributed by atoms with van der Waals surface area (Å²) in [6.07, 6.45) is 0. The molecular weight excluding hydrogens is 320 g/mol. The molecule has 1 aliphatic heterocycles. The lowest BCUT2D eigenvalue weighted by Gasteiger charge is -2.29. The second-order valence-corrected chi connectivity index (χ2v) is 5.84. The topological polar surface area (TPSA) is 71.0 Å². The zero-order valence-electron chi connectivity index (χ0n) is 14.1. The number of amides is 1. The number of morpholine rings is 1. The Balaban J connectivity index is 1.92. The number of hydroxylamine groups is 1. The first-order valence-electron chi connectivity index (χ1n) is 8.24. The molecule has 1 atom stereocenters. The predicted molar refractivity (Wildman–Crippen MR) is 94.2 cm³/mol. The SMILES string of the molecule is COc1ccccc1C(C(=O)NO)c1ccc(N2CCOCC2)cc1. The monoisotopic (exact) mass is 342 g/mol. The third-order valence-electron chi connectivity index (χ3n) is 4.42. The number of nitrogens with zero attached hydrogens (tertiary/aromatic N) is 1. The van der Waals surface area contributed by atoms with Crippen molar-refractivity contribution in [2.24, 2.45) is 0 Å². The summed E-state index contributed by atoms with van der Waals surface area (Å²) in [5.41, 5.74) is 4.35. The number of ether oxygens (including phenoxy) is 2. The van der Waals surface area contributed by atoms with Crippen molar-refractivity contribution in [1.29, 1.82) is 0 Å². The van der Waals surface area contributed by atoms with Crippen molar-refractivity contribution in [2.45, 2.75) is 5.92 Å². The minimum absolute atomic E-state index is 0.497. The Morgan fingerprint density at radius 2 is 1.84 bits per heavy atom. The Kier molecular flexibility index (Phi) is 5.53. The van der Waals surface area contributed by atoms with Gasteiger partial charge in [0.25, 0.3) is 5.91 Å². The van der Waals surface area contributed by atoms with Gasteiger partial charge in [-0.15, -0.1) is 0 Å². The van der Waals surface area contributed by atoms with E-state index in [1.54, 1.807) is 18.7 Å². The summed E-state index contributed by atoms with van der Waals surface area (Å²) in [5, 5.41) is 9.19. The van der Waals surface area contributed by atoms with Crippen LogP contribution in [0.3, 0.4) is 0 Å². The van der Waals surface area contributed by atoms with Crippen LogP contribution in [0, 0.1) is 0 Å². The van der Waals surface area contributed by atoms with Crippen LogP contribution in [0.4, 0.5) is 5.69 Å². The van der Waals surface area contributed by atoms with Crippen LogP contribution in [0.25, 0.3) is 0 Å². The van der Waals surface area contributed by atoms with Crippen LogP contribution in [0.5, 0.6) is 5.75 Å². The molecule has 2 aromatic rings. The van der Waals surface area contributed by atoms with Crippen LogP contribution in [0.15, 0.2) is 48.5 Å². The van der Waals surface area contributed by atoms with Gasteiger partial charge in [0.15, 0.2) is 0 Å². The molecule has 2 N–H and O–H groups in total. The van der Waals surface area contributed by atoms with Gasteiger partial charge in [0.1, 0.15) is 5.75 Å². The lowest BCUT2D eigenvalue weighted by Crippen LogP contribution is -2.36. The van der Waals surface area contributed by atoms with E-state index in [4.69, 9.17) is 9.47 Å². The molecule has 3 rings (SSSR count). The Morgan fingerprint density at radius 3 is 2.48 bits per heavy atom. The molecule has 1 saturated heterocycles. The molecule has 1 aliphatic rings. The molecule has 6 heteroatoms. The van der Waals surface area contributed by atoms with Gasteiger partial charge in [-0.25, -0.2) is 5.48 Å². The smallest absolute Gasteiger partial charge is 0.255 e. The van der Waals surface area contributed by atoms with Crippen molar-refractivity contribution in [3.8, 4) is 5.75 Å². The van der Waals surface area contributed by atoms with Gasteiger partial charge >= 0.3 is 0 Å². The molecule has 1 fully saturated rings. The van der Waals surface area contributed by atoms with Gasteiger partial charge in [-0.3, -0.25) is 10.0 Å². The maximum absolute atomic E-state index is 12.3. The predicted octanol–water partition coefficient (Wildman–Crippen LogP) is 2.17. The molecule has 0 radical (unpaired) electrons. The molecule has 1 heterocycles. The Morgan fingerprint density at radius 1 is 1.16 bits per heavy atom. The first kappa shape index (κ1) is 17.3. The van der Waals surface area contributed by atoms with E-state index in [0.29, 0.717) is 11.3 Å². The Bertz CT molecular complexity index is 712. The molecule has 2 aromatic carbocycles. The van der Waals surface area contributed by atoms with Gasteiger partial charge in [-0.05, 0) is 23.8 Å². The molecule has 6 nitrogen and oxygen atoms in total. The number of para-hydroxylation sites is 1. The van der Waals surface area contributed by atoms with E-state index in [1.165, 1.54) is 0 Å². The molecule has 1 unspecified atom stereocenters. The van der Waals surface area contributed by atoms with E-state index >= 15 is 0 Å². The number of rotatable bonds is 5. The second kappa shape index (κ2) is 8.00. The summed E-state index contributed by atoms with van der Waals surface area (Å²) < 4.78 is 10.8. The maximum Gasteiger partial charge on any atom is 0.255 e. The summed E-state index contributed by atoms with van der Waals surface area (Å²) in [6, 6.07) is 15.1. The molecule has 0 spiro atoms. The molecule has 1 amide bonds. The number of benzene rings is 2. The van der Waals surface area contributed by atoms with Crippen molar-refractivity contribution in [3.05, 3.63) is 59.7 Å². The first-order chi connectivity index (χ1) is 12.2. The van der Waals surface area contributed by atoms with Crippen LogP contribution < -0.4 is 15.1 Å². The summed E-state index contributed by atoms with van der Waals surface area (Å²) in [5.74, 6) is -0.545. The zero-order valence-corrected chi connectivity index (χ0v) is 14.1. The normalized spacial score (nSPS) is 15.5. The number of carbonyl (C=O) groups excluding carboxylic acids is 1. The van der Waals surface area contributed by atoms with E-state index in [1.807, 2.05) is 42.5 Å². The average Bonchev–Trinajstić information content (AvgIpc) is 2.69. The van der Waals surface area contributed by atoms with Gasteiger partial charge in [-0.1, -0.05) is 30.3 Å². The van der Waals surface area contributed by atoms with Crippen LogP contribution in [0.1, 0.15) is 17.0 Å². The Labute approximate surface area is 146 Å². The van der Waals surface area contributed by atoms with Crippen molar-refractivity contribution in [1.82, 2.24) is 5.48 Å². The quantitative estimate of drug-likeness (QED) is 0.644. The molecule has 0 bridgehead atoms. The number of hydrogen-bond acceptors (Lipinski definition) is 5. The van der Waals surface area contributed by atoms with E-state index in [9.17, 15) is 10.0 Å². The second-order valence-electron chi connectivity index (χ2n) is 5.84. The van der Waals surface area contributed by atoms with Crippen LogP contribution in [0.2, 0.25) is 0 Å². The minimum atomic E-state index is -0.653. The fourth-order valence-electron chi connectivity index (χ4n) is 3.14. The minimum Gasteiger partial charge on any atom is -0.496 e. The number of methoxy groups -OCH3 is 1. The lowest BCUT2D eigenvalue weighted by atomic mass is 9.89. The van der Waals surface area contributed by atoms with E-state index in [0.717, 1.165) is 37.6 Å². The summed E-state index contributed by atoms with van der Waals surface area (Å²) in [4.78, 5) is 14.6. The van der Waals surface area contributed by atoms with Gasteiger partial charge in [0.2, 0.25) is 0 Å². The van der Waals surface area contributed by atoms with Crippen molar-refractivity contribution in [2.75, 3.05) is 38.3 Å². The van der Waals surface area contributed by atoms with E-state index in [2.05, 4.69) is 4.90 Å². The van der Waals surface area contributed by atoms with E-state index < -0.39 is 11.8 Å². The largest absolute Gasteiger partial charge is 0.496 e. The highest BCUT2D eigenvalue weighted by atomic mass is 16.5. The van der Waals surface area contributed by atoms with Crippen molar-refractivity contribution < 1.29 is 19.5 Å². The summed E-state index contributed by atoms with van der Waals surface area (Å²) in [7, 11) is 1.56. The van der Waals surface area contributed by atoms with Gasteiger partial charge in [0.05, 0.1) is 26.2 Å². The number of anilines is 1. The fraction of sp³-hybridized carbons (Fsp3) is 0.316. The standard InChI is InChI=1S/C19H22N2O4/c1-24-17-5-3-2-4-16(17)18(19(22)20-23)14-6-8-15(9-7-14)21-10-12-25-13-11-21/h2-9,18,23H,10-13H2,1H3,(H,20,22). The average molecular weight is 342 g/mol. The number of nitrogens with one attached hydrogen (secondary N) is 1. The van der Waals surface area contributed by atoms with Crippen LogP contribution in [-0.4, -0.2) is 44.5 Å². The van der Waals surface area contributed by atoms with Crippen LogP contribution >= 0.6 is 0 Å². The van der Waals surface area contributed by atoms with Crippen molar-refractivity contribution >= 4 is 11.6 Å².